The third-order valence-corrected chi connectivity index (χ3v) is 17.4. The van der Waals surface area contributed by atoms with Crippen LogP contribution in [0.25, 0.3) is 10.2 Å². The topological polar surface area (TPSA) is 225 Å². The first-order valence-corrected chi connectivity index (χ1v) is 29.0. The van der Waals surface area contributed by atoms with Crippen molar-refractivity contribution in [2.45, 2.75) is 74.0 Å². The molecule has 3 atom stereocenters. The average molecular weight is 1130 g/mol. The highest BCUT2D eigenvalue weighted by atomic mass is 32.2. The van der Waals surface area contributed by atoms with E-state index in [4.69, 9.17) is 27.9 Å². The molecule has 0 aliphatic rings. The Kier molecular flexibility index (Phi) is 18.5. The number of thiazole rings is 1. The zero-order chi connectivity index (χ0) is 56.3. The molecule has 8 rings (SSSR count). The number of aryl methyl sites for hydroxylation is 1. The molecule has 414 valence electrons. The van der Waals surface area contributed by atoms with E-state index in [0.29, 0.717) is 62.0 Å². The Morgan fingerprint density at radius 2 is 1.33 bits per heavy atom. The molecule has 2 N–H and O–H groups in total. The highest BCUT2D eigenvalue weighted by molar-refractivity contribution is 7.91. The van der Waals surface area contributed by atoms with Gasteiger partial charge in [0.2, 0.25) is 10.2 Å². The highest BCUT2D eigenvalue weighted by Gasteiger charge is 2.42. The summed E-state index contributed by atoms with van der Waals surface area (Å²) in [5.41, 5.74) is 3.03. The lowest BCUT2D eigenvalue weighted by Gasteiger charge is -2.36. The fraction of sp³-hybridized carbons (Fsp3) is 0.293. The first-order valence-electron chi connectivity index (χ1n) is 25.3. The molecule has 0 saturated heterocycles. The molecule has 0 saturated carbocycles. The normalized spacial score (nSPS) is 13.1. The second-order valence-electron chi connectivity index (χ2n) is 19.0. The molecule has 21 heteroatoms. The Labute approximate surface area is 464 Å². The molecule has 0 spiro atoms. The number of methoxy groups -OCH3 is 3. The fourth-order valence-electron chi connectivity index (χ4n) is 8.79. The van der Waals surface area contributed by atoms with Crippen LogP contribution in [0.2, 0.25) is 0 Å². The van der Waals surface area contributed by atoms with Gasteiger partial charge in [0.05, 0.1) is 55.9 Å². The minimum absolute atomic E-state index is 0.0416. The van der Waals surface area contributed by atoms with Crippen molar-refractivity contribution in [1.82, 2.24) is 30.0 Å². The van der Waals surface area contributed by atoms with Gasteiger partial charge in [0.15, 0.2) is 0 Å². The maximum atomic E-state index is 14.7. The first kappa shape index (κ1) is 57.5. The van der Waals surface area contributed by atoms with E-state index in [1.807, 2.05) is 82.3 Å². The van der Waals surface area contributed by atoms with Gasteiger partial charge in [-0.1, -0.05) is 110 Å². The van der Waals surface area contributed by atoms with Crippen LogP contribution in [0, 0.1) is 18.8 Å². The number of fused-ring (bicyclic) bond motifs is 1. The number of benzene rings is 6. The van der Waals surface area contributed by atoms with Gasteiger partial charge in [0.1, 0.15) is 52.9 Å². The van der Waals surface area contributed by atoms with E-state index in [1.165, 1.54) is 23.9 Å². The van der Waals surface area contributed by atoms with Crippen molar-refractivity contribution in [2.24, 2.45) is 11.8 Å². The quantitative estimate of drug-likeness (QED) is 0.0293. The monoisotopic (exact) mass is 1130 g/mol. The van der Waals surface area contributed by atoms with Crippen molar-refractivity contribution < 1.29 is 54.3 Å². The number of ether oxygens (including phenoxy) is 5. The van der Waals surface area contributed by atoms with Gasteiger partial charge in [-0.25, -0.2) is 22.9 Å². The SMILES string of the molecule is CCC(COc1ccc(CC(NC(=O)[C@H](C(C)C)n2cc(COc3ccc4nc(S(=O)(=O)NC(c5ccccc5)(c5ccc(OC)cc5)c5ccc(OC)cc5)sc4c3)nn2)C(=O)OC)cc1)COS(=O)(=O)c1ccc(C)cc1. The molecule has 2 heterocycles. The van der Waals surface area contributed by atoms with Crippen LogP contribution in [-0.4, -0.2) is 89.3 Å². The highest BCUT2D eigenvalue weighted by Crippen LogP contribution is 2.41. The van der Waals surface area contributed by atoms with E-state index in [1.54, 1.807) is 99.3 Å². The lowest BCUT2D eigenvalue weighted by molar-refractivity contribution is -0.145. The van der Waals surface area contributed by atoms with Gasteiger partial charge in [-0.2, -0.15) is 13.1 Å². The number of hydrogen-bond acceptors (Lipinski definition) is 16. The summed E-state index contributed by atoms with van der Waals surface area (Å²) in [6.45, 7) is 7.61. The minimum atomic E-state index is -4.34. The third-order valence-electron chi connectivity index (χ3n) is 13.2. The van der Waals surface area contributed by atoms with Crippen LogP contribution in [0.5, 0.6) is 23.0 Å². The third kappa shape index (κ3) is 13.8. The zero-order valence-corrected chi connectivity index (χ0v) is 47.1. The summed E-state index contributed by atoms with van der Waals surface area (Å²) in [5.74, 6) is 0.541. The summed E-state index contributed by atoms with van der Waals surface area (Å²) in [4.78, 5) is 31.8. The number of rotatable bonds is 26. The van der Waals surface area contributed by atoms with Gasteiger partial charge < -0.3 is 29.0 Å². The van der Waals surface area contributed by atoms with Crippen LogP contribution in [0.1, 0.15) is 66.7 Å². The minimum Gasteiger partial charge on any atom is -0.497 e. The van der Waals surface area contributed by atoms with Gasteiger partial charge in [-0.05, 0) is 108 Å². The summed E-state index contributed by atoms with van der Waals surface area (Å²) < 4.78 is 93.3. The molecule has 0 aliphatic carbocycles. The van der Waals surface area contributed by atoms with E-state index in [-0.39, 0.29) is 47.3 Å². The van der Waals surface area contributed by atoms with E-state index < -0.39 is 49.6 Å². The van der Waals surface area contributed by atoms with Crippen molar-refractivity contribution in [1.29, 1.82) is 0 Å². The van der Waals surface area contributed by atoms with Crippen molar-refractivity contribution in [3.05, 3.63) is 185 Å². The average Bonchev–Trinajstić information content (AvgIpc) is 4.24. The Balaban J connectivity index is 0.912. The summed E-state index contributed by atoms with van der Waals surface area (Å²) >= 11 is 0.991. The summed E-state index contributed by atoms with van der Waals surface area (Å²) in [5, 5.41) is 11.4. The van der Waals surface area contributed by atoms with Gasteiger partial charge >= 0.3 is 5.97 Å². The second kappa shape index (κ2) is 25.4. The number of nitrogens with one attached hydrogen (secondary N) is 2. The van der Waals surface area contributed by atoms with Gasteiger partial charge in [0.25, 0.3) is 20.1 Å². The van der Waals surface area contributed by atoms with Gasteiger partial charge in [0, 0.05) is 12.3 Å². The molecular weight excluding hydrogens is 1070 g/mol. The zero-order valence-electron chi connectivity index (χ0n) is 44.7. The Hall–Kier alpha value is -7.69. The van der Waals surface area contributed by atoms with Gasteiger partial charge in [-0.15, -0.1) is 16.4 Å². The molecule has 0 radical (unpaired) electrons. The molecular formula is C58H62N6O12S3. The lowest BCUT2D eigenvalue weighted by atomic mass is 9.78. The van der Waals surface area contributed by atoms with Crippen LogP contribution in [0.3, 0.4) is 0 Å². The van der Waals surface area contributed by atoms with Crippen LogP contribution < -0.4 is 29.0 Å². The number of carbonyl (C=O) groups is 2. The van der Waals surface area contributed by atoms with E-state index in [2.05, 4.69) is 25.3 Å². The molecule has 0 fully saturated rings. The maximum absolute atomic E-state index is 14.7. The molecule has 79 heavy (non-hydrogen) atoms. The van der Waals surface area contributed by atoms with Crippen LogP contribution >= 0.6 is 11.3 Å². The van der Waals surface area contributed by atoms with Crippen LogP contribution in [-0.2, 0) is 57.2 Å². The molecule has 18 nitrogen and oxygen atoms in total. The number of hydrogen-bond donors (Lipinski definition) is 2. The summed E-state index contributed by atoms with van der Waals surface area (Å²) in [7, 11) is -3.88. The first-order chi connectivity index (χ1) is 37.9. The molecule has 1 amide bonds. The molecule has 6 aromatic carbocycles. The van der Waals surface area contributed by atoms with Crippen LogP contribution in [0.4, 0.5) is 0 Å². The summed E-state index contributed by atoms with van der Waals surface area (Å²) in [6, 6.07) is 40.4. The van der Waals surface area contributed by atoms with E-state index >= 15 is 0 Å². The second-order valence-corrected chi connectivity index (χ2v) is 23.5. The lowest BCUT2D eigenvalue weighted by Crippen LogP contribution is -2.47. The standard InChI is InChI=1S/C58H62N6O12S3/c1-8-40(36-76-79(69,70)50-29-14-39(4)15-30-50)35-74-48-22-16-41(17-23-48)32-52(56(66)73-7)59-55(65)54(38(2)3)64-34-45(61-63-64)37-75-49-28-31-51-53(33-49)77-57(60-51)78(67,68)62-58(42-12-10-9-11-13-42,43-18-24-46(71-5)25-19-43)44-20-26-47(72-6)27-21-44/h9-31,33-34,38,40,52,54,62H,8,32,35-37H2,1-7H3,(H,59,65)/t40?,52?,54-/m0/s1. The van der Waals surface area contributed by atoms with E-state index in [0.717, 1.165) is 22.5 Å². The fourth-order valence-corrected chi connectivity index (χ4v) is 12.4. The van der Waals surface area contributed by atoms with Crippen molar-refractivity contribution in [3.63, 3.8) is 0 Å². The molecule has 0 aliphatic heterocycles. The Morgan fingerprint density at radius 3 is 1.92 bits per heavy atom. The molecule has 2 unspecified atom stereocenters. The Bertz CT molecular complexity index is 3510. The summed E-state index contributed by atoms with van der Waals surface area (Å²) in [6.07, 6.45) is 2.32. The molecule has 2 aromatic heterocycles. The molecule has 0 bridgehead atoms. The number of nitrogens with zero attached hydrogens (tertiary/aromatic N) is 4. The smallest absolute Gasteiger partial charge is 0.328 e. The number of sulfonamides is 1. The van der Waals surface area contributed by atoms with E-state index in [9.17, 15) is 26.4 Å². The Morgan fingerprint density at radius 1 is 0.722 bits per heavy atom. The number of amides is 1. The predicted octanol–water partition coefficient (Wildman–Crippen LogP) is 8.97. The molecule has 8 aromatic rings. The predicted molar refractivity (Wildman–Crippen MR) is 298 cm³/mol. The maximum Gasteiger partial charge on any atom is 0.328 e. The number of aromatic nitrogens is 4. The van der Waals surface area contributed by atoms with Gasteiger partial charge in [-0.3, -0.25) is 8.98 Å². The van der Waals surface area contributed by atoms with Crippen molar-refractivity contribution >= 4 is 53.6 Å². The van der Waals surface area contributed by atoms with Crippen LogP contribution in [0.15, 0.2) is 161 Å². The largest absolute Gasteiger partial charge is 0.497 e. The number of esters is 1. The van der Waals surface area contributed by atoms with Crippen molar-refractivity contribution in [2.75, 3.05) is 34.5 Å². The van der Waals surface area contributed by atoms with Crippen molar-refractivity contribution in [3.8, 4) is 23.0 Å². The number of carbonyl (C=O) groups excluding carboxylic acids is 2.